The summed E-state index contributed by atoms with van der Waals surface area (Å²) >= 11 is 0. The lowest BCUT2D eigenvalue weighted by Crippen LogP contribution is -2.38. The van der Waals surface area contributed by atoms with Gasteiger partial charge in [-0.3, -0.25) is 14.7 Å². The average molecular weight is 591 g/mol. The van der Waals surface area contributed by atoms with E-state index in [9.17, 15) is 22.8 Å². The molecule has 3 aromatic carbocycles. The van der Waals surface area contributed by atoms with Crippen LogP contribution in [0.1, 0.15) is 39.8 Å². The highest BCUT2D eigenvalue weighted by molar-refractivity contribution is 6.04. The topological polar surface area (TPSA) is 143 Å². The number of nitrogens with zero attached hydrogens (tertiary/aromatic N) is 3. The van der Waals surface area contributed by atoms with Crippen LogP contribution in [0, 0.1) is 6.92 Å². The van der Waals surface area contributed by atoms with Crippen LogP contribution in [-0.2, 0) is 24.1 Å². The fraction of sp³-hybridized carbons (Fsp3) is 0.200. The first-order chi connectivity index (χ1) is 20.5. The molecule has 0 fully saturated rings. The second kappa shape index (κ2) is 12.0. The van der Waals surface area contributed by atoms with Crippen LogP contribution in [-0.4, -0.2) is 37.6 Å². The Labute approximate surface area is 244 Å². The van der Waals surface area contributed by atoms with Crippen molar-refractivity contribution in [3.8, 4) is 5.69 Å². The van der Waals surface area contributed by atoms with Crippen LogP contribution in [0.3, 0.4) is 0 Å². The summed E-state index contributed by atoms with van der Waals surface area (Å²) in [7, 11) is 0. The van der Waals surface area contributed by atoms with Crippen molar-refractivity contribution >= 4 is 34.1 Å². The number of benzene rings is 3. The number of rotatable bonds is 10. The molecule has 0 saturated heterocycles. The lowest BCUT2D eigenvalue weighted by atomic mass is 10.1. The molecule has 43 heavy (non-hydrogen) atoms. The average Bonchev–Trinajstić information content (AvgIpc) is 3.59. The minimum Gasteiger partial charge on any atom is -0.381 e. The number of fused-ring (bicyclic) bond motifs is 1. The van der Waals surface area contributed by atoms with Gasteiger partial charge in [0.1, 0.15) is 0 Å². The Morgan fingerprint density at radius 2 is 1.86 bits per heavy atom. The van der Waals surface area contributed by atoms with Crippen LogP contribution >= 0.6 is 0 Å². The first kappa shape index (κ1) is 29.3. The summed E-state index contributed by atoms with van der Waals surface area (Å²) in [5.74, 6) is -1.11. The lowest BCUT2D eigenvalue weighted by Gasteiger charge is -2.14. The van der Waals surface area contributed by atoms with Gasteiger partial charge in [-0.15, -0.1) is 0 Å². The van der Waals surface area contributed by atoms with Crippen molar-refractivity contribution in [3.63, 3.8) is 0 Å². The van der Waals surface area contributed by atoms with Crippen molar-refractivity contribution in [2.24, 2.45) is 5.73 Å². The van der Waals surface area contributed by atoms with Crippen LogP contribution in [0.25, 0.3) is 16.6 Å². The molecule has 0 spiro atoms. The van der Waals surface area contributed by atoms with E-state index in [1.807, 2.05) is 24.3 Å². The molecule has 0 unspecified atom stereocenters. The number of hydrogen-bond donors (Lipinski definition) is 5. The maximum absolute atomic E-state index is 13.6. The van der Waals surface area contributed by atoms with Crippen molar-refractivity contribution in [3.05, 3.63) is 101 Å². The van der Waals surface area contributed by atoms with E-state index < -0.39 is 29.6 Å². The van der Waals surface area contributed by atoms with Gasteiger partial charge >= 0.3 is 6.18 Å². The van der Waals surface area contributed by atoms with E-state index in [1.54, 1.807) is 32.0 Å². The summed E-state index contributed by atoms with van der Waals surface area (Å²) in [4.78, 5) is 28.3. The Bertz CT molecular complexity index is 1790. The first-order valence-corrected chi connectivity index (χ1v) is 13.3. The van der Waals surface area contributed by atoms with Gasteiger partial charge in [0, 0.05) is 53.0 Å². The van der Waals surface area contributed by atoms with E-state index in [2.05, 4.69) is 31.1 Å². The van der Waals surface area contributed by atoms with Crippen molar-refractivity contribution in [1.29, 1.82) is 0 Å². The van der Waals surface area contributed by atoms with Gasteiger partial charge in [-0.1, -0.05) is 12.1 Å². The van der Waals surface area contributed by atoms with Crippen molar-refractivity contribution < 1.29 is 22.8 Å². The van der Waals surface area contributed by atoms with E-state index in [4.69, 9.17) is 5.73 Å². The van der Waals surface area contributed by atoms with E-state index in [0.717, 1.165) is 40.0 Å². The first-order valence-electron chi connectivity index (χ1n) is 13.3. The number of aryl methyl sites for hydroxylation is 1. The number of imidazole rings is 1. The van der Waals surface area contributed by atoms with Gasteiger partial charge in [0.15, 0.2) is 0 Å². The summed E-state index contributed by atoms with van der Waals surface area (Å²) in [5, 5.41) is 17.3. The largest absolute Gasteiger partial charge is 0.416 e. The van der Waals surface area contributed by atoms with Crippen molar-refractivity contribution in [1.82, 2.24) is 25.1 Å². The Morgan fingerprint density at radius 1 is 1.05 bits per heavy atom. The second-order valence-corrected chi connectivity index (χ2v) is 10.1. The highest BCUT2D eigenvalue weighted by Gasteiger charge is 2.32. The smallest absolute Gasteiger partial charge is 0.381 e. The number of carbonyl (C=O) groups excluding carboxylic acids is 2. The molecule has 10 nitrogen and oxygen atoms in total. The van der Waals surface area contributed by atoms with Gasteiger partial charge in [0.25, 0.3) is 5.91 Å². The number of amides is 2. The molecule has 0 bridgehead atoms. The predicted molar refractivity (Wildman–Crippen MR) is 157 cm³/mol. The van der Waals surface area contributed by atoms with Crippen LogP contribution in [0.2, 0.25) is 0 Å². The molecule has 5 rings (SSSR count). The molecule has 0 aliphatic rings. The van der Waals surface area contributed by atoms with Crippen molar-refractivity contribution in [2.75, 3.05) is 10.6 Å². The molecule has 0 aliphatic heterocycles. The van der Waals surface area contributed by atoms with E-state index in [1.165, 1.54) is 23.2 Å². The van der Waals surface area contributed by atoms with Gasteiger partial charge in [-0.05, 0) is 67.9 Å². The molecule has 0 saturated carbocycles. The molecule has 0 aliphatic carbocycles. The molecule has 1 atom stereocenters. The molecule has 13 heteroatoms. The van der Waals surface area contributed by atoms with Crippen molar-refractivity contribution in [2.45, 2.75) is 39.2 Å². The quantitative estimate of drug-likeness (QED) is 0.157. The summed E-state index contributed by atoms with van der Waals surface area (Å²) in [5.41, 5.74) is 8.70. The van der Waals surface area contributed by atoms with E-state index in [0.29, 0.717) is 24.5 Å². The number of nitrogens with two attached hydrogens (primary N) is 1. The number of anilines is 2. The molecule has 2 heterocycles. The highest BCUT2D eigenvalue weighted by atomic mass is 19.4. The number of hydrogen-bond acceptors (Lipinski definition) is 6. The minimum absolute atomic E-state index is 0.132. The molecule has 222 valence electrons. The molecule has 2 aromatic heterocycles. The Hall–Kier alpha value is -5.17. The Kier molecular flexibility index (Phi) is 8.17. The van der Waals surface area contributed by atoms with Gasteiger partial charge in [-0.25, -0.2) is 4.98 Å². The zero-order valence-corrected chi connectivity index (χ0v) is 23.3. The van der Waals surface area contributed by atoms with Gasteiger partial charge < -0.3 is 26.3 Å². The fourth-order valence-electron chi connectivity index (χ4n) is 4.51. The zero-order valence-electron chi connectivity index (χ0n) is 23.3. The third-order valence-electron chi connectivity index (χ3n) is 6.94. The molecule has 2 amide bonds. The SMILES string of the molecule is Cc1cncn1-c1cc(C(=O)Nc2cccc(CNc3ccc4c(CN[C@@H](C)C(N)=O)[nH]nc4c3)c2)cc(C(F)(F)F)c1. The third-order valence-corrected chi connectivity index (χ3v) is 6.94. The van der Waals surface area contributed by atoms with Crippen LogP contribution < -0.4 is 21.7 Å². The summed E-state index contributed by atoms with van der Waals surface area (Å²) in [6, 6.07) is 15.5. The number of nitrogens with one attached hydrogen (secondary N) is 4. The molecule has 0 radical (unpaired) electrons. The number of alkyl halides is 3. The standard InChI is InChI=1S/C30H29F3N8O2/c1-17-13-35-16-41(17)24-10-20(9-21(11-24)30(31,32)33)29(43)38-23-5-3-4-19(8-23)14-37-22-6-7-25-26(12-22)39-40-27(25)15-36-18(2)28(34)42/h3-13,16,18,36-37H,14-15H2,1-2H3,(H2,34,42)(H,38,43)(H,39,40)/t18-/m0/s1. The van der Waals surface area contributed by atoms with Gasteiger partial charge in [0.2, 0.25) is 5.91 Å². The van der Waals surface area contributed by atoms with E-state index >= 15 is 0 Å². The van der Waals surface area contributed by atoms with E-state index in [-0.39, 0.29) is 11.3 Å². The summed E-state index contributed by atoms with van der Waals surface area (Å²) in [6.45, 7) is 4.21. The molecular formula is C30H29F3N8O2. The highest BCUT2D eigenvalue weighted by Crippen LogP contribution is 2.32. The van der Waals surface area contributed by atoms with Gasteiger partial charge in [-0.2, -0.15) is 18.3 Å². The predicted octanol–water partition coefficient (Wildman–Crippen LogP) is 4.90. The third kappa shape index (κ3) is 6.84. The number of carbonyl (C=O) groups is 2. The van der Waals surface area contributed by atoms with Crippen LogP contribution in [0.4, 0.5) is 24.5 Å². The molecular weight excluding hydrogens is 561 g/mol. The van der Waals surface area contributed by atoms with Crippen LogP contribution in [0.15, 0.2) is 73.2 Å². The fourth-order valence-corrected chi connectivity index (χ4v) is 4.51. The maximum atomic E-state index is 13.6. The molecule has 5 aromatic rings. The number of primary amides is 1. The number of aromatic amines is 1. The monoisotopic (exact) mass is 590 g/mol. The zero-order chi connectivity index (χ0) is 30.7. The number of aromatic nitrogens is 4. The normalized spacial score (nSPS) is 12.3. The second-order valence-electron chi connectivity index (χ2n) is 10.1. The Morgan fingerprint density at radius 3 is 2.58 bits per heavy atom. The number of H-pyrrole nitrogens is 1. The minimum atomic E-state index is -4.63. The number of halogens is 3. The summed E-state index contributed by atoms with van der Waals surface area (Å²) < 4.78 is 42.4. The summed E-state index contributed by atoms with van der Waals surface area (Å²) in [6.07, 6.45) is -1.71. The Balaban J connectivity index is 1.27. The molecule has 6 N–H and O–H groups in total. The van der Waals surface area contributed by atoms with Gasteiger partial charge in [0.05, 0.1) is 29.1 Å². The van der Waals surface area contributed by atoms with Crippen LogP contribution in [0.5, 0.6) is 0 Å². The lowest BCUT2D eigenvalue weighted by molar-refractivity contribution is -0.137. The maximum Gasteiger partial charge on any atom is 0.416 e.